The zero-order valence-corrected chi connectivity index (χ0v) is 12.0. The Kier molecular flexibility index (Phi) is 3.87. The summed E-state index contributed by atoms with van der Waals surface area (Å²) in [6.45, 7) is 2.06. The molecule has 1 unspecified atom stereocenters. The number of rotatable bonds is 4. The van der Waals surface area contributed by atoms with Crippen LogP contribution in [0.15, 0.2) is 66.7 Å². The van der Waals surface area contributed by atoms with Gasteiger partial charge in [0.1, 0.15) is 5.82 Å². The third kappa shape index (κ3) is 2.75. The van der Waals surface area contributed by atoms with Crippen LogP contribution in [0.1, 0.15) is 24.9 Å². The highest BCUT2D eigenvalue weighted by Gasteiger charge is 2.14. The Hall–Kier alpha value is -2.35. The van der Waals surface area contributed by atoms with Gasteiger partial charge in [-0.1, -0.05) is 61.5 Å². The van der Waals surface area contributed by atoms with Gasteiger partial charge in [0.25, 0.3) is 0 Å². The van der Waals surface area contributed by atoms with Crippen LogP contribution in [0.5, 0.6) is 0 Å². The lowest BCUT2D eigenvalue weighted by Crippen LogP contribution is -2.11. The lowest BCUT2D eigenvalue weighted by atomic mass is 10.0. The molecule has 0 radical (unpaired) electrons. The standard InChI is InChI=1S/C19H18FN/c1-2-18(16-11-5-6-12-17(16)20)21-19-13-7-9-14-8-3-4-10-15(14)19/h3-13,18,21H,2H2,1H3. The minimum atomic E-state index is -0.155. The lowest BCUT2D eigenvalue weighted by molar-refractivity contribution is 0.587. The van der Waals surface area contributed by atoms with Gasteiger partial charge in [-0.05, 0) is 23.9 Å². The molecule has 1 nitrogen and oxygen atoms in total. The van der Waals surface area contributed by atoms with E-state index in [0.29, 0.717) is 5.56 Å². The molecule has 0 fully saturated rings. The number of halogens is 1. The van der Waals surface area contributed by atoms with E-state index < -0.39 is 0 Å². The summed E-state index contributed by atoms with van der Waals surface area (Å²) in [5.41, 5.74) is 1.76. The van der Waals surface area contributed by atoms with Crippen LogP contribution in [0.25, 0.3) is 10.8 Å². The summed E-state index contributed by atoms with van der Waals surface area (Å²) in [5, 5.41) is 5.84. The highest BCUT2D eigenvalue weighted by atomic mass is 19.1. The number of benzene rings is 3. The summed E-state index contributed by atoms with van der Waals surface area (Å²) < 4.78 is 14.0. The Morgan fingerprint density at radius 1 is 0.905 bits per heavy atom. The lowest BCUT2D eigenvalue weighted by Gasteiger charge is -2.20. The van der Waals surface area contributed by atoms with Gasteiger partial charge >= 0.3 is 0 Å². The van der Waals surface area contributed by atoms with E-state index in [-0.39, 0.29) is 11.9 Å². The molecule has 1 N–H and O–H groups in total. The first-order valence-electron chi connectivity index (χ1n) is 7.28. The monoisotopic (exact) mass is 279 g/mol. The summed E-state index contributed by atoms with van der Waals surface area (Å²) in [6.07, 6.45) is 0.824. The second-order valence-corrected chi connectivity index (χ2v) is 5.15. The van der Waals surface area contributed by atoms with Crippen LogP contribution in [-0.4, -0.2) is 0 Å². The minimum Gasteiger partial charge on any atom is -0.378 e. The molecule has 0 saturated carbocycles. The Labute approximate surface area is 124 Å². The third-order valence-electron chi connectivity index (χ3n) is 3.81. The molecule has 0 heterocycles. The van der Waals surface area contributed by atoms with Gasteiger partial charge in [0.15, 0.2) is 0 Å². The van der Waals surface area contributed by atoms with E-state index in [4.69, 9.17) is 0 Å². The molecule has 0 aliphatic heterocycles. The number of hydrogen-bond acceptors (Lipinski definition) is 1. The SMILES string of the molecule is CCC(Nc1cccc2ccccc12)c1ccccc1F. The van der Waals surface area contributed by atoms with E-state index in [1.54, 1.807) is 6.07 Å². The summed E-state index contributed by atoms with van der Waals surface area (Å²) in [6, 6.07) is 21.3. The number of nitrogens with one attached hydrogen (secondary N) is 1. The van der Waals surface area contributed by atoms with Crippen LogP contribution in [0.4, 0.5) is 10.1 Å². The van der Waals surface area contributed by atoms with E-state index in [0.717, 1.165) is 17.5 Å². The van der Waals surface area contributed by atoms with Gasteiger partial charge in [-0.15, -0.1) is 0 Å². The zero-order chi connectivity index (χ0) is 14.7. The molecule has 0 aromatic heterocycles. The smallest absolute Gasteiger partial charge is 0.128 e. The summed E-state index contributed by atoms with van der Waals surface area (Å²) in [5.74, 6) is -0.155. The zero-order valence-electron chi connectivity index (χ0n) is 12.0. The summed E-state index contributed by atoms with van der Waals surface area (Å²) in [7, 11) is 0. The molecule has 21 heavy (non-hydrogen) atoms. The van der Waals surface area contributed by atoms with Gasteiger partial charge in [0, 0.05) is 16.6 Å². The van der Waals surface area contributed by atoms with Crippen molar-refractivity contribution < 1.29 is 4.39 Å². The van der Waals surface area contributed by atoms with Crippen LogP contribution < -0.4 is 5.32 Å². The molecule has 0 aliphatic rings. The first kappa shape index (κ1) is 13.6. The molecule has 106 valence electrons. The molecule has 0 spiro atoms. The minimum absolute atomic E-state index is 0.0305. The van der Waals surface area contributed by atoms with Crippen LogP contribution >= 0.6 is 0 Å². The molecule has 0 amide bonds. The fourth-order valence-corrected chi connectivity index (χ4v) is 2.70. The van der Waals surface area contributed by atoms with Crippen molar-refractivity contribution >= 4 is 16.5 Å². The molecule has 2 heteroatoms. The molecule has 0 aliphatic carbocycles. The number of anilines is 1. The quantitative estimate of drug-likeness (QED) is 0.661. The highest BCUT2D eigenvalue weighted by molar-refractivity contribution is 5.93. The molecule has 1 atom stereocenters. The topological polar surface area (TPSA) is 12.0 Å². The van der Waals surface area contributed by atoms with Gasteiger partial charge in [-0.25, -0.2) is 4.39 Å². The van der Waals surface area contributed by atoms with Crippen LogP contribution in [0.2, 0.25) is 0 Å². The van der Waals surface area contributed by atoms with Gasteiger partial charge < -0.3 is 5.32 Å². The maximum absolute atomic E-state index is 14.0. The fourth-order valence-electron chi connectivity index (χ4n) is 2.70. The van der Waals surface area contributed by atoms with Crippen molar-refractivity contribution in [1.29, 1.82) is 0 Å². The summed E-state index contributed by atoms with van der Waals surface area (Å²) >= 11 is 0. The van der Waals surface area contributed by atoms with Gasteiger partial charge in [-0.3, -0.25) is 0 Å². The summed E-state index contributed by atoms with van der Waals surface area (Å²) in [4.78, 5) is 0. The van der Waals surface area contributed by atoms with E-state index in [9.17, 15) is 4.39 Å². The van der Waals surface area contributed by atoms with Crippen molar-refractivity contribution in [3.05, 3.63) is 78.1 Å². The van der Waals surface area contributed by atoms with Crippen molar-refractivity contribution in [2.24, 2.45) is 0 Å². The van der Waals surface area contributed by atoms with Crippen LogP contribution in [-0.2, 0) is 0 Å². The Morgan fingerprint density at radius 2 is 1.62 bits per heavy atom. The predicted molar refractivity (Wildman–Crippen MR) is 87.0 cm³/mol. The van der Waals surface area contributed by atoms with Crippen molar-refractivity contribution in [2.75, 3.05) is 5.32 Å². The fraction of sp³-hybridized carbons (Fsp3) is 0.158. The van der Waals surface area contributed by atoms with Crippen molar-refractivity contribution in [2.45, 2.75) is 19.4 Å². The molecular weight excluding hydrogens is 261 g/mol. The molecule has 3 aromatic carbocycles. The molecule has 3 rings (SSSR count). The third-order valence-corrected chi connectivity index (χ3v) is 3.81. The van der Waals surface area contributed by atoms with E-state index in [1.807, 2.05) is 36.4 Å². The van der Waals surface area contributed by atoms with E-state index in [1.165, 1.54) is 11.5 Å². The highest BCUT2D eigenvalue weighted by Crippen LogP contribution is 2.29. The average molecular weight is 279 g/mol. The van der Waals surface area contributed by atoms with E-state index >= 15 is 0 Å². The molecule has 0 bridgehead atoms. The Bertz CT molecular complexity index is 746. The van der Waals surface area contributed by atoms with E-state index in [2.05, 4.69) is 30.4 Å². The second-order valence-electron chi connectivity index (χ2n) is 5.15. The normalized spacial score (nSPS) is 12.3. The second kappa shape index (κ2) is 5.96. The predicted octanol–water partition coefficient (Wildman–Crippen LogP) is 5.54. The Morgan fingerprint density at radius 3 is 2.43 bits per heavy atom. The molecule has 0 saturated heterocycles. The van der Waals surface area contributed by atoms with Crippen molar-refractivity contribution in [1.82, 2.24) is 0 Å². The van der Waals surface area contributed by atoms with Crippen LogP contribution in [0.3, 0.4) is 0 Å². The van der Waals surface area contributed by atoms with Crippen LogP contribution in [0, 0.1) is 5.82 Å². The first-order chi connectivity index (χ1) is 10.3. The maximum Gasteiger partial charge on any atom is 0.128 e. The molecule has 3 aromatic rings. The number of hydrogen-bond donors (Lipinski definition) is 1. The number of fused-ring (bicyclic) bond motifs is 1. The van der Waals surface area contributed by atoms with Gasteiger partial charge in [0.05, 0.1) is 6.04 Å². The largest absolute Gasteiger partial charge is 0.378 e. The van der Waals surface area contributed by atoms with Gasteiger partial charge in [-0.2, -0.15) is 0 Å². The Balaban J connectivity index is 1.98. The maximum atomic E-state index is 14.0. The van der Waals surface area contributed by atoms with Crippen molar-refractivity contribution in [3.8, 4) is 0 Å². The molecular formula is C19H18FN. The first-order valence-corrected chi connectivity index (χ1v) is 7.28. The van der Waals surface area contributed by atoms with Crippen molar-refractivity contribution in [3.63, 3.8) is 0 Å². The van der Waals surface area contributed by atoms with Gasteiger partial charge in [0.2, 0.25) is 0 Å². The average Bonchev–Trinajstić information content (AvgIpc) is 2.53.